The van der Waals surface area contributed by atoms with Crippen LogP contribution in [-0.2, 0) is 0 Å². The van der Waals surface area contributed by atoms with Gasteiger partial charge >= 0.3 is 5.97 Å². The molecule has 1 aromatic heterocycles. The largest absolute Gasteiger partial charge is 0.493 e. The van der Waals surface area contributed by atoms with Crippen LogP contribution in [0.25, 0.3) is 5.69 Å². The Balaban J connectivity index is 2.52. The minimum absolute atomic E-state index is 0.225. The molecule has 16 heavy (non-hydrogen) atoms. The number of halogens is 1. The van der Waals surface area contributed by atoms with Crippen molar-refractivity contribution in [3.8, 4) is 11.6 Å². The molecule has 1 aromatic carbocycles. The molecule has 0 saturated heterocycles. The van der Waals surface area contributed by atoms with Gasteiger partial charge in [-0.05, 0) is 18.2 Å². The Morgan fingerprint density at radius 3 is 2.69 bits per heavy atom. The quantitative estimate of drug-likeness (QED) is 0.838. The molecule has 2 N–H and O–H groups in total. The summed E-state index contributed by atoms with van der Waals surface area (Å²) in [7, 11) is 0. The molecule has 2 rings (SSSR count). The van der Waals surface area contributed by atoms with Crippen LogP contribution in [0.5, 0.6) is 5.88 Å². The SMILES string of the molecule is O=C(O)c1cc(O)n(-c2cccc(Cl)c2)n1. The molecule has 0 aliphatic rings. The van der Waals surface area contributed by atoms with Crippen LogP contribution in [0.15, 0.2) is 30.3 Å². The lowest BCUT2D eigenvalue weighted by Crippen LogP contribution is -2.01. The van der Waals surface area contributed by atoms with E-state index in [0.29, 0.717) is 10.7 Å². The number of carbonyl (C=O) groups is 1. The number of nitrogens with zero attached hydrogens (tertiary/aromatic N) is 2. The van der Waals surface area contributed by atoms with E-state index < -0.39 is 5.97 Å². The topological polar surface area (TPSA) is 75.3 Å². The van der Waals surface area contributed by atoms with Crippen molar-refractivity contribution in [3.05, 3.63) is 41.0 Å². The van der Waals surface area contributed by atoms with Crippen LogP contribution in [0.2, 0.25) is 5.02 Å². The molecule has 0 fully saturated rings. The van der Waals surface area contributed by atoms with Crippen molar-refractivity contribution >= 4 is 17.6 Å². The van der Waals surface area contributed by atoms with Gasteiger partial charge in [-0.2, -0.15) is 5.10 Å². The Bertz CT molecular complexity index is 551. The van der Waals surface area contributed by atoms with Gasteiger partial charge in [-0.15, -0.1) is 0 Å². The normalized spacial score (nSPS) is 10.3. The Hall–Kier alpha value is -2.01. The Labute approximate surface area is 95.5 Å². The minimum Gasteiger partial charge on any atom is -0.493 e. The van der Waals surface area contributed by atoms with Crippen molar-refractivity contribution in [2.24, 2.45) is 0 Å². The summed E-state index contributed by atoms with van der Waals surface area (Å²) in [5.41, 5.74) is 0.273. The standard InChI is InChI=1S/C10H7ClN2O3/c11-6-2-1-3-7(4-6)13-9(14)5-8(12-13)10(15)16/h1-5,14H,(H,15,16). The summed E-state index contributed by atoms with van der Waals surface area (Å²) in [6.07, 6.45) is 0. The second-order valence-electron chi connectivity index (χ2n) is 3.08. The predicted octanol–water partition coefficient (Wildman–Crippen LogP) is 1.93. The maximum Gasteiger partial charge on any atom is 0.356 e. The van der Waals surface area contributed by atoms with E-state index >= 15 is 0 Å². The van der Waals surface area contributed by atoms with Gasteiger partial charge in [0.25, 0.3) is 0 Å². The average Bonchev–Trinajstić information content (AvgIpc) is 2.60. The summed E-state index contributed by atoms with van der Waals surface area (Å²) in [6.45, 7) is 0. The Morgan fingerprint density at radius 2 is 2.12 bits per heavy atom. The Kier molecular flexibility index (Phi) is 2.54. The summed E-state index contributed by atoms with van der Waals surface area (Å²) in [5.74, 6) is -1.45. The van der Waals surface area contributed by atoms with Crippen LogP contribution in [0.4, 0.5) is 0 Å². The van der Waals surface area contributed by atoms with E-state index in [1.165, 1.54) is 0 Å². The molecule has 82 valence electrons. The maximum absolute atomic E-state index is 10.7. The highest BCUT2D eigenvalue weighted by molar-refractivity contribution is 6.30. The average molecular weight is 239 g/mol. The number of aromatic nitrogens is 2. The maximum atomic E-state index is 10.7. The van der Waals surface area contributed by atoms with Gasteiger partial charge in [0.15, 0.2) is 5.69 Å². The molecule has 0 spiro atoms. The molecule has 0 aliphatic heterocycles. The second kappa shape index (κ2) is 3.86. The number of benzene rings is 1. The fraction of sp³-hybridized carbons (Fsp3) is 0. The van der Waals surface area contributed by atoms with Crippen LogP contribution in [0, 0.1) is 0 Å². The van der Waals surface area contributed by atoms with Gasteiger partial charge in [0, 0.05) is 11.1 Å². The number of hydrogen-bond donors (Lipinski definition) is 2. The predicted molar refractivity (Wildman–Crippen MR) is 57.2 cm³/mol. The van der Waals surface area contributed by atoms with Crippen LogP contribution in [-0.4, -0.2) is 26.0 Å². The van der Waals surface area contributed by atoms with Crippen molar-refractivity contribution in [1.29, 1.82) is 0 Å². The summed E-state index contributed by atoms with van der Waals surface area (Å²) >= 11 is 5.78. The van der Waals surface area contributed by atoms with Crippen LogP contribution >= 0.6 is 11.6 Å². The fourth-order valence-electron chi connectivity index (χ4n) is 1.27. The second-order valence-corrected chi connectivity index (χ2v) is 3.52. The molecule has 5 nitrogen and oxygen atoms in total. The van der Waals surface area contributed by atoms with Crippen molar-refractivity contribution in [2.45, 2.75) is 0 Å². The van der Waals surface area contributed by atoms with E-state index in [4.69, 9.17) is 16.7 Å². The number of aromatic carboxylic acids is 1. The van der Waals surface area contributed by atoms with Gasteiger partial charge < -0.3 is 10.2 Å². The molecule has 0 bridgehead atoms. The van der Waals surface area contributed by atoms with E-state index in [9.17, 15) is 9.90 Å². The summed E-state index contributed by atoms with van der Waals surface area (Å²) in [4.78, 5) is 10.7. The lowest BCUT2D eigenvalue weighted by Gasteiger charge is -2.02. The van der Waals surface area contributed by atoms with Crippen molar-refractivity contribution in [1.82, 2.24) is 9.78 Å². The molecule has 1 heterocycles. The smallest absolute Gasteiger partial charge is 0.356 e. The minimum atomic E-state index is -1.20. The zero-order valence-corrected chi connectivity index (χ0v) is 8.72. The number of carboxylic acid groups (broad SMARTS) is 1. The third kappa shape index (κ3) is 1.85. The zero-order chi connectivity index (χ0) is 11.7. The first-order valence-corrected chi connectivity index (χ1v) is 4.74. The van der Waals surface area contributed by atoms with Gasteiger partial charge in [0.1, 0.15) is 0 Å². The molecule has 0 saturated carbocycles. The van der Waals surface area contributed by atoms with Crippen molar-refractivity contribution in [2.75, 3.05) is 0 Å². The highest BCUT2D eigenvalue weighted by Gasteiger charge is 2.13. The molecule has 0 amide bonds. The van der Waals surface area contributed by atoms with Crippen LogP contribution < -0.4 is 0 Å². The van der Waals surface area contributed by atoms with E-state index in [-0.39, 0.29) is 11.6 Å². The van der Waals surface area contributed by atoms with E-state index in [0.717, 1.165) is 10.7 Å². The van der Waals surface area contributed by atoms with Gasteiger partial charge in [0.05, 0.1) is 5.69 Å². The fourth-order valence-corrected chi connectivity index (χ4v) is 1.46. The molecule has 2 aromatic rings. The zero-order valence-electron chi connectivity index (χ0n) is 7.96. The lowest BCUT2D eigenvalue weighted by atomic mass is 10.3. The van der Waals surface area contributed by atoms with Gasteiger partial charge in [-0.25, -0.2) is 9.48 Å². The monoisotopic (exact) mass is 238 g/mol. The molecule has 0 radical (unpaired) electrons. The van der Waals surface area contributed by atoms with Crippen LogP contribution in [0.3, 0.4) is 0 Å². The summed E-state index contributed by atoms with van der Waals surface area (Å²) in [6, 6.07) is 7.65. The first-order chi connectivity index (χ1) is 7.58. The number of hydrogen-bond acceptors (Lipinski definition) is 3. The van der Waals surface area contributed by atoms with Gasteiger partial charge in [0.2, 0.25) is 5.88 Å². The third-order valence-corrected chi connectivity index (χ3v) is 2.20. The summed E-state index contributed by atoms with van der Waals surface area (Å²) in [5, 5.41) is 22.4. The van der Waals surface area contributed by atoms with Gasteiger partial charge in [-0.3, -0.25) is 0 Å². The molecule has 0 aliphatic carbocycles. The number of aromatic hydroxyl groups is 1. The van der Waals surface area contributed by atoms with E-state index in [1.807, 2.05) is 0 Å². The van der Waals surface area contributed by atoms with Crippen LogP contribution in [0.1, 0.15) is 10.5 Å². The molecular formula is C10H7ClN2O3. The first kappa shape index (κ1) is 10.5. The molecular weight excluding hydrogens is 232 g/mol. The molecule has 0 atom stereocenters. The first-order valence-electron chi connectivity index (χ1n) is 4.36. The number of carboxylic acids is 1. The van der Waals surface area contributed by atoms with Crippen molar-refractivity contribution < 1.29 is 15.0 Å². The molecule has 6 heteroatoms. The van der Waals surface area contributed by atoms with E-state index in [1.54, 1.807) is 24.3 Å². The highest BCUT2D eigenvalue weighted by Crippen LogP contribution is 2.20. The molecule has 0 unspecified atom stereocenters. The summed E-state index contributed by atoms with van der Waals surface area (Å²) < 4.78 is 1.11. The highest BCUT2D eigenvalue weighted by atomic mass is 35.5. The Morgan fingerprint density at radius 1 is 1.38 bits per heavy atom. The lowest BCUT2D eigenvalue weighted by molar-refractivity contribution is 0.0690. The van der Waals surface area contributed by atoms with Crippen molar-refractivity contribution in [3.63, 3.8) is 0 Å². The van der Waals surface area contributed by atoms with Gasteiger partial charge in [-0.1, -0.05) is 17.7 Å². The number of rotatable bonds is 2. The third-order valence-electron chi connectivity index (χ3n) is 1.96. The van der Waals surface area contributed by atoms with E-state index in [2.05, 4.69) is 5.10 Å².